The van der Waals surface area contributed by atoms with E-state index in [0.717, 1.165) is 31.4 Å². The Kier molecular flexibility index (Phi) is 3.73. The van der Waals surface area contributed by atoms with Crippen LogP contribution in [0.5, 0.6) is 5.75 Å². The summed E-state index contributed by atoms with van der Waals surface area (Å²) >= 11 is 0. The molecule has 6 heteroatoms. The minimum Gasteiger partial charge on any atom is -0.490 e. The number of carbonyl (C=O) groups is 1. The van der Waals surface area contributed by atoms with Gasteiger partial charge in [-0.2, -0.15) is 5.10 Å². The maximum Gasteiger partial charge on any atom is 0.244 e. The fraction of sp³-hybridized carbons (Fsp3) is 0.471. The predicted octanol–water partition coefficient (Wildman–Crippen LogP) is 1.88. The first-order valence-electron chi connectivity index (χ1n) is 8.15. The van der Waals surface area contributed by atoms with Crippen LogP contribution in [-0.2, 0) is 11.3 Å². The molecule has 2 aromatic heterocycles. The lowest BCUT2D eigenvalue weighted by molar-refractivity contribution is -0.137. The number of pyridine rings is 1. The maximum atomic E-state index is 12.6. The van der Waals surface area contributed by atoms with Crippen LogP contribution in [0.1, 0.15) is 25.7 Å². The van der Waals surface area contributed by atoms with Gasteiger partial charge in [-0.1, -0.05) is 0 Å². The van der Waals surface area contributed by atoms with Crippen LogP contribution in [0.25, 0.3) is 0 Å². The topological polar surface area (TPSA) is 60.2 Å². The summed E-state index contributed by atoms with van der Waals surface area (Å²) in [4.78, 5) is 18.7. The molecule has 1 amide bonds. The lowest BCUT2D eigenvalue weighted by atomic mass is 9.99. The smallest absolute Gasteiger partial charge is 0.244 e. The van der Waals surface area contributed by atoms with Crippen molar-refractivity contribution in [3.63, 3.8) is 0 Å². The fourth-order valence-corrected chi connectivity index (χ4v) is 3.85. The quantitative estimate of drug-likeness (QED) is 0.865. The number of ether oxygens (including phenoxy) is 1. The average molecular weight is 312 g/mol. The van der Waals surface area contributed by atoms with Gasteiger partial charge in [-0.05, 0) is 31.0 Å². The highest BCUT2D eigenvalue weighted by molar-refractivity contribution is 5.77. The van der Waals surface area contributed by atoms with E-state index >= 15 is 0 Å². The van der Waals surface area contributed by atoms with Crippen LogP contribution in [0.2, 0.25) is 0 Å². The van der Waals surface area contributed by atoms with Gasteiger partial charge in [0, 0.05) is 49.7 Å². The highest BCUT2D eigenvalue weighted by Gasteiger charge is 2.43. The van der Waals surface area contributed by atoms with E-state index in [1.807, 2.05) is 24.4 Å². The first-order chi connectivity index (χ1) is 11.3. The number of amides is 1. The second-order valence-electron chi connectivity index (χ2n) is 6.28. The third-order valence-electron chi connectivity index (χ3n) is 4.79. The molecular weight excluding hydrogens is 292 g/mol. The molecule has 4 heterocycles. The van der Waals surface area contributed by atoms with Crippen LogP contribution in [0.4, 0.5) is 0 Å². The zero-order valence-corrected chi connectivity index (χ0v) is 12.9. The minimum atomic E-state index is 0.170. The molecule has 2 fully saturated rings. The van der Waals surface area contributed by atoms with Crippen LogP contribution in [0.15, 0.2) is 43.0 Å². The molecule has 4 rings (SSSR count). The Bertz CT molecular complexity index is 644. The second-order valence-corrected chi connectivity index (χ2v) is 6.28. The minimum absolute atomic E-state index is 0.170. The van der Waals surface area contributed by atoms with Gasteiger partial charge < -0.3 is 9.64 Å². The van der Waals surface area contributed by atoms with Gasteiger partial charge in [-0.3, -0.25) is 14.5 Å². The van der Waals surface area contributed by atoms with Crippen molar-refractivity contribution >= 4 is 5.91 Å². The monoisotopic (exact) mass is 312 g/mol. The standard InChI is InChI=1S/C17H20N4O2/c22-17(12-20-9-1-6-19-20)21-13-2-3-14(21)11-16(10-13)23-15-4-7-18-8-5-15/h1,4-9,13-14,16H,2-3,10-12H2. The van der Waals surface area contributed by atoms with Crippen molar-refractivity contribution in [2.24, 2.45) is 0 Å². The lowest BCUT2D eigenvalue weighted by Crippen LogP contribution is -2.50. The van der Waals surface area contributed by atoms with E-state index < -0.39 is 0 Å². The van der Waals surface area contributed by atoms with Gasteiger partial charge in [-0.25, -0.2) is 0 Å². The van der Waals surface area contributed by atoms with Gasteiger partial charge >= 0.3 is 0 Å². The first-order valence-corrected chi connectivity index (χ1v) is 8.15. The molecule has 2 aliphatic heterocycles. The molecule has 2 aromatic rings. The van der Waals surface area contributed by atoms with Gasteiger partial charge in [0.05, 0.1) is 0 Å². The molecule has 2 unspecified atom stereocenters. The molecule has 2 aliphatic rings. The molecule has 120 valence electrons. The number of carbonyl (C=O) groups excluding carboxylic acids is 1. The lowest BCUT2D eigenvalue weighted by Gasteiger charge is -2.39. The molecule has 2 bridgehead atoms. The summed E-state index contributed by atoms with van der Waals surface area (Å²) in [5.41, 5.74) is 0. The number of hydrogen-bond donors (Lipinski definition) is 0. The van der Waals surface area contributed by atoms with Crippen molar-refractivity contribution in [3.8, 4) is 5.75 Å². The Labute approximate surface area is 135 Å². The van der Waals surface area contributed by atoms with Gasteiger partial charge in [0.25, 0.3) is 0 Å². The summed E-state index contributed by atoms with van der Waals surface area (Å²) in [5, 5.41) is 4.13. The SMILES string of the molecule is O=C(Cn1cccn1)N1C2CCC1CC(Oc1ccncc1)C2. The van der Waals surface area contributed by atoms with E-state index in [1.165, 1.54) is 0 Å². The molecule has 0 saturated carbocycles. The summed E-state index contributed by atoms with van der Waals surface area (Å²) in [7, 11) is 0. The molecule has 0 radical (unpaired) electrons. The number of piperidine rings is 1. The Morgan fingerprint density at radius 1 is 1.17 bits per heavy atom. The molecule has 6 nitrogen and oxygen atoms in total. The van der Waals surface area contributed by atoms with E-state index in [4.69, 9.17) is 4.74 Å². The van der Waals surface area contributed by atoms with Crippen LogP contribution in [0.3, 0.4) is 0 Å². The maximum absolute atomic E-state index is 12.6. The summed E-state index contributed by atoms with van der Waals surface area (Å²) in [5.74, 6) is 1.03. The molecule has 0 spiro atoms. The average Bonchev–Trinajstić information content (AvgIpc) is 3.15. The van der Waals surface area contributed by atoms with E-state index in [2.05, 4.69) is 15.0 Å². The van der Waals surface area contributed by atoms with E-state index in [9.17, 15) is 4.79 Å². The van der Waals surface area contributed by atoms with Crippen molar-refractivity contribution in [2.45, 2.75) is 50.4 Å². The summed E-state index contributed by atoms with van der Waals surface area (Å²) in [6.45, 7) is 0.329. The number of rotatable bonds is 4. The Morgan fingerprint density at radius 3 is 2.57 bits per heavy atom. The van der Waals surface area contributed by atoms with E-state index in [1.54, 1.807) is 23.3 Å². The summed E-state index contributed by atoms with van der Waals surface area (Å²) in [6, 6.07) is 6.21. The highest BCUT2D eigenvalue weighted by Crippen LogP contribution is 2.37. The summed E-state index contributed by atoms with van der Waals surface area (Å²) < 4.78 is 7.77. The molecule has 23 heavy (non-hydrogen) atoms. The van der Waals surface area contributed by atoms with E-state index in [-0.39, 0.29) is 12.0 Å². The highest BCUT2D eigenvalue weighted by atomic mass is 16.5. The van der Waals surface area contributed by atoms with E-state index in [0.29, 0.717) is 18.6 Å². The molecular formula is C17H20N4O2. The van der Waals surface area contributed by atoms with Crippen LogP contribution in [0, 0.1) is 0 Å². The zero-order chi connectivity index (χ0) is 15.6. The third kappa shape index (κ3) is 2.93. The van der Waals surface area contributed by atoms with Gasteiger partial charge in [0.15, 0.2) is 0 Å². The number of fused-ring (bicyclic) bond motifs is 2. The van der Waals surface area contributed by atoms with Crippen LogP contribution in [-0.4, -0.2) is 43.8 Å². The Hall–Kier alpha value is -2.37. The van der Waals surface area contributed by atoms with Gasteiger partial charge in [-0.15, -0.1) is 0 Å². The number of hydrogen-bond acceptors (Lipinski definition) is 4. The molecule has 2 saturated heterocycles. The van der Waals surface area contributed by atoms with Gasteiger partial charge in [0.2, 0.25) is 5.91 Å². The number of aromatic nitrogens is 3. The fourth-order valence-electron chi connectivity index (χ4n) is 3.85. The first kappa shape index (κ1) is 14.2. The van der Waals surface area contributed by atoms with Gasteiger partial charge in [0.1, 0.15) is 18.4 Å². The number of nitrogens with zero attached hydrogens (tertiary/aromatic N) is 4. The predicted molar refractivity (Wildman–Crippen MR) is 83.8 cm³/mol. The largest absolute Gasteiger partial charge is 0.490 e. The molecule has 0 aromatic carbocycles. The molecule has 0 aliphatic carbocycles. The van der Waals surface area contributed by atoms with Crippen molar-refractivity contribution in [1.29, 1.82) is 0 Å². The van der Waals surface area contributed by atoms with Crippen molar-refractivity contribution in [2.75, 3.05) is 0 Å². The van der Waals surface area contributed by atoms with Crippen molar-refractivity contribution in [3.05, 3.63) is 43.0 Å². The Morgan fingerprint density at radius 2 is 1.91 bits per heavy atom. The van der Waals surface area contributed by atoms with Crippen molar-refractivity contribution < 1.29 is 9.53 Å². The molecule has 0 N–H and O–H groups in total. The Balaban J connectivity index is 1.41. The zero-order valence-electron chi connectivity index (χ0n) is 12.9. The van der Waals surface area contributed by atoms with Crippen LogP contribution < -0.4 is 4.74 Å². The third-order valence-corrected chi connectivity index (χ3v) is 4.79. The second kappa shape index (κ2) is 6.02. The van der Waals surface area contributed by atoms with Crippen LogP contribution >= 0.6 is 0 Å². The normalized spacial score (nSPS) is 26.3. The van der Waals surface area contributed by atoms with Crippen molar-refractivity contribution in [1.82, 2.24) is 19.7 Å². The molecule has 2 atom stereocenters. The summed E-state index contributed by atoms with van der Waals surface area (Å²) in [6.07, 6.45) is 11.2.